The lowest BCUT2D eigenvalue weighted by Gasteiger charge is -2.10. The first-order valence-electron chi connectivity index (χ1n) is 4.69. The minimum absolute atomic E-state index is 0.477. The molecule has 0 radical (unpaired) electrons. The maximum Gasteiger partial charge on any atom is 0.331 e. The lowest BCUT2D eigenvalue weighted by Crippen LogP contribution is -2.06. The number of fused-ring (bicyclic) bond motifs is 1. The van der Waals surface area contributed by atoms with Crippen LogP contribution in [0.1, 0.15) is 16.7 Å². The van der Waals surface area contributed by atoms with Gasteiger partial charge in [-0.2, -0.15) is 8.42 Å². The van der Waals surface area contributed by atoms with E-state index in [1.54, 1.807) is 6.08 Å². The van der Waals surface area contributed by atoms with Gasteiger partial charge in [-0.15, -0.1) is 0 Å². The molecule has 1 aliphatic heterocycles. The Morgan fingerprint density at radius 1 is 1.27 bits per heavy atom. The number of aryl methyl sites for hydroxylation is 2. The van der Waals surface area contributed by atoms with Crippen LogP contribution in [0.25, 0.3) is 0 Å². The molecule has 0 N–H and O–H groups in total. The Balaban J connectivity index is 2.63. The third-order valence-electron chi connectivity index (χ3n) is 2.30. The molecule has 3 nitrogen and oxygen atoms in total. The lowest BCUT2D eigenvalue weighted by atomic mass is 10.0. The first-order valence-corrected chi connectivity index (χ1v) is 6.16. The van der Waals surface area contributed by atoms with Crippen LogP contribution in [0.5, 0.6) is 5.75 Å². The quantitative estimate of drug-likeness (QED) is 0.634. The molecular weight excluding hydrogens is 212 g/mol. The van der Waals surface area contributed by atoms with E-state index in [2.05, 4.69) is 0 Å². The summed E-state index contributed by atoms with van der Waals surface area (Å²) in [6.45, 7) is 3.84. The van der Waals surface area contributed by atoms with Crippen molar-refractivity contribution in [2.45, 2.75) is 20.3 Å². The molecule has 1 heterocycles. The molecule has 0 bridgehead atoms. The van der Waals surface area contributed by atoms with Gasteiger partial charge in [-0.05, 0) is 25.8 Å². The summed E-state index contributed by atoms with van der Waals surface area (Å²) in [5, 5.41) is 1.11. The molecule has 1 aliphatic rings. The van der Waals surface area contributed by atoms with E-state index in [0.717, 1.165) is 22.1 Å². The summed E-state index contributed by atoms with van der Waals surface area (Å²) in [4.78, 5) is 0. The molecular formula is C11H12O3S. The highest BCUT2D eigenvalue weighted by Crippen LogP contribution is 2.29. The normalized spacial score (nSPS) is 17.7. The Kier molecular flexibility index (Phi) is 2.31. The van der Waals surface area contributed by atoms with Crippen LogP contribution in [-0.2, 0) is 16.5 Å². The van der Waals surface area contributed by atoms with Gasteiger partial charge in [-0.3, -0.25) is 0 Å². The van der Waals surface area contributed by atoms with Crippen molar-refractivity contribution in [3.05, 3.63) is 40.3 Å². The maximum atomic E-state index is 11.4. The molecule has 0 atom stereocenters. The molecule has 80 valence electrons. The Bertz CT molecular complexity index is 527. The van der Waals surface area contributed by atoms with Crippen LogP contribution in [0.3, 0.4) is 0 Å². The SMILES string of the molecule is Cc1cc(C)c2c(c1)CC=CS(=O)(=O)O2. The van der Waals surface area contributed by atoms with Crippen LogP contribution in [0, 0.1) is 13.8 Å². The van der Waals surface area contributed by atoms with Gasteiger partial charge in [0.1, 0.15) is 5.75 Å². The molecule has 0 spiro atoms. The van der Waals surface area contributed by atoms with Crippen molar-refractivity contribution in [3.63, 3.8) is 0 Å². The molecule has 1 aromatic rings. The largest absolute Gasteiger partial charge is 0.379 e. The van der Waals surface area contributed by atoms with Gasteiger partial charge in [0.15, 0.2) is 0 Å². The average molecular weight is 224 g/mol. The second-order valence-corrected chi connectivity index (χ2v) is 5.15. The van der Waals surface area contributed by atoms with Crippen molar-refractivity contribution >= 4 is 10.1 Å². The standard InChI is InChI=1S/C11H12O3S/c1-8-6-9(2)11-10(7-8)4-3-5-15(12,13)14-11/h3,5-7H,4H2,1-2H3. The second-order valence-electron chi connectivity index (χ2n) is 3.72. The van der Waals surface area contributed by atoms with Crippen molar-refractivity contribution in [2.75, 3.05) is 0 Å². The second kappa shape index (κ2) is 3.38. The van der Waals surface area contributed by atoms with Crippen molar-refractivity contribution < 1.29 is 12.6 Å². The van der Waals surface area contributed by atoms with Gasteiger partial charge in [0, 0.05) is 5.56 Å². The molecule has 0 saturated heterocycles. The van der Waals surface area contributed by atoms with Crippen molar-refractivity contribution in [1.29, 1.82) is 0 Å². The van der Waals surface area contributed by atoms with E-state index in [-0.39, 0.29) is 0 Å². The number of benzene rings is 1. The molecule has 4 heteroatoms. The monoisotopic (exact) mass is 224 g/mol. The summed E-state index contributed by atoms with van der Waals surface area (Å²) in [5.41, 5.74) is 2.89. The summed E-state index contributed by atoms with van der Waals surface area (Å²) in [6, 6.07) is 3.87. The lowest BCUT2D eigenvalue weighted by molar-refractivity contribution is 0.493. The Labute approximate surface area is 89.5 Å². The van der Waals surface area contributed by atoms with Crippen molar-refractivity contribution in [2.24, 2.45) is 0 Å². The van der Waals surface area contributed by atoms with E-state index in [4.69, 9.17) is 4.18 Å². The van der Waals surface area contributed by atoms with Crippen LogP contribution in [-0.4, -0.2) is 8.42 Å². The molecule has 0 saturated carbocycles. The van der Waals surface area contributed by atoms with E-state index in [9.17, 15) is 8.42 Å². The van der Waals surface area contributed by atoms with E-state index in [1.807, 2.05) is 26.0 Å². The Morgan fingerprint density at radius 3 is 2.73 bits per heavy atom. The van der Waals surface area contributed by atoms with Gasteiger partial charge in [0.25, 0.3) is 0 Å². The fourth-order valence-corrected chi connectivity index (χ4v) is 2.61. The number of allylic oxidation sites excluding steroid dienone is 1. The van der Waals surface area contributed by atoms with Crippen LogP contribution in [0.15, 0.2) is 23.6 Å². The molecule has 0 amide bonds. The molecule has 0 unspecified atom stereocenters. The highest BCUT2D eigenvalue weighted by atomic mass is 32.2. The number of hydrogen-bond donors (Lipinski definition) is 0. The summed E-state index contributed by atoms with van der Waals surface area (Å²) < 4.78 is 27.7. The molecule has 0 fully saturated rings. The Morgan fingerprint density at radius 2 is 2.00 bits per heavy atom. The molecule has 15 heavy (non-hydrogen) atoms. The van der Waals surface area contributed by atoms with Crippen LogP contribution in [0.4, 0.5) is 0 Å². The molecule has 2 rings (SSSR count). The van der Waals surface area contributed by atoms with Gasteiger partial charge in [0.05, 0.1) is 5.41 Å². The van der Waals surface area contributed by atoms with Gasteiger partial charge in [0.2, 0.25) is 0 Å². The van der Waals surface area contributed by atoms with E-state index in [1.165, 1.54) is 0 Å². The minimum atomic E-state index is -3.55. The zero-order valence-electron chi connectivity index (χ0n) is 8.65. The highest BCUT2D eigenvalue weighted by Gasteiger charge is 2.17. The van der Waals surface area contributed by atoms with Crippen LogP contribution >= 0.6 is 0 Å². The minimum Gasteiger partial charge on any atom is -0.379 e. The van der Waals surface area contributed by atoms with Gasteiger partial charge < -0.3 is 4.18 Å². The van der Waals surface area contributed by atoms with Gasteiger partial charge in [-0.1, -0.05) is 23.8 Å². The topological polar surface area (TPSA) is 43.4 Å². The molecule has 0 aromatic heterocycles. The van der Waals surface area contributed by atoms with Crippen LogP contribution in [0.2, 0.25) is 0 Å². The highest BCUT2D eigenvalue weighted by molar-refractivity contribution is 7.90. The fraction of sp³-hybridized carbons (Fsp3) is 0.273. The van der Waals surface area contributed by atoms with E-state index >= 15 is 0 Å². The van der Waals surface area contributed by atoms with Crippen molar-refractivity contribution in [1.82, 2.24) is 0 Å². The third-order valence-corrected chi connectivity index (χ3v) is 3.22. The molecule has 1 aromatic carbocycles. The zero-order chi connectivity index (χ0) is 11.1. The van der Waals surface area contributed by atoms with Gasteiger partial charge >= 0.3 is 10.1 Å². The van der Waals surface area contributed by atoms with E-state index < -0.39 is 10.1 Å². The van der Waals surface area contributed by atoms with E-state index in [0.29, 0.717) is 12.2 Å². The summed E-state index contributed by atoms with van der Waals surface area (Å²) in [7, 11) is -3.55. The third kappa shape index (κ3) is 2.04. The summed E-state index contributed by atoms with van der Waals surface area (Å²) >= 11 is 0. The van der Waals surface area contributed by atoms with Crippen LogP contribution < -0.4 is 4.18 Å². The first kappa shape index (κ1) is 10.2. The predicted molar refractivity (Wildman–Crippen MR) is 58.3 cm³/mol. The first-order chi connectivity index (χ1) is 6.98. The number of rotatable bonds is 0. The average Bonchev–Trinajstić information content (AvgIpc) is 2.23. The van der Waals surface area contributed by atoms with Crippen molar-refractivity contribution in [3.8, 4) is 5.75 Å². The zero-order valence-corrected chi connectivity index (χ0v) is 9.47. The van der Waals surface area contributed by atoms with Gasteiger partial charge in [-0.25, -0.2) is 0 Å². The fourth-order valence-electron chi connectivity index (χ4n) is 1.75. The maximum absolute atomic E-state index is 11.4. The summed E-state index contributed by atoms with van der Waals surface area (Å²) in [5.74, 6) is 0.477. The summed E-state index contributed by atoms with van der Waals surface area (Å²) in [6.07, 6.45) is 2.21. The number of hydrogen-bond acceptors (Lipinski definition) is 3. The Hall–Kier alpha value is -1.29. The molecule has 0 aliphatic carbocycles. The smallest absolute Gasteiger partial charge is 0.331 e. The predicted octanol–water partition coefficient (Wildman–Crippen LogP) is 2.08.